The van der Waals surface area contributed by atoms with Crippen molar-refractivity contribution in [2.24, 2.45) is 17.8 Å². The van der Waals surface area contributed by atoms with Gasteiger partial charge in [0, 0.05) is 0 Å². The molecule has 0 radical (unpaired) electrons. The molecule has 0 heterocycles. The Balaban J connectivity index is 1.28. The van der Waals surface area contributed by atoms with E-state index in [0.717, 1.165) is 29.4 Å². The zero-order valence-corrected chi connectivity index (χ0v) is 21.2. The molecule has 3 rings (SSSR count). The molecule has 180 valence electrons. The average molecular weight is 439 g/mol. The van der Waals surface area contributed by atoms with Crippen LogP contribution in [0.5, 0.6) is 5.75 Å². The highest BCUT2D eigenvalue weighted by atomic mass is 16.5. The highest BCUT2D eigenvalue weighted by Gasteiger charge is 2.22. The van der Waals surface area contributed by atoms with Crippen molar-refractivity contribution >= 4 is 0 Å². The maximum atomic E-state index is 6.01. The quantitative estimate of drug-likeness (QED) is 0.220. The van der Waals surface area contributed by atoms with Crippen LogP contribution in [0.4, 0.5) is 0 Å². The molecule has 1 aromatic rings. The van der Waals surface area contributed by atoms with E-state index in [2.05, 4.69) is 50.3 Å². The molecular formula is C31H50O. The molecule has 2 fully saturated rings. The van der Waals surface area contributed by atoms with Crippen LogP contribution in [0.2, 0.25) is 0 Å². The summed E-state index contributed by atoms with van der Waals surface area (Å²) in [6.45, 7) is 5.33. The van der Waals surface area contributed by atoms with Gasteiger partial charge in [0.2, 0.25) is 0 Å². The summed E-state index contributed by atoms with van der Waals surface area (Å²) in [6.07, 6.45) is 27.3. The Morgan fingerprint density at radius 1 is 0.719 bits per heavy atom. The first-order valence-electron chi connectivity index (χ1n) is 14.2. The fourth-order valence-electron chi connectivity index (χ4n) is 6.13. The fourth-order valence-corrected chi connectivity index (χ4v) is 6.13. The van der Waals surface area contributed by atoms with Gasteiger partial charge in [0.1, 0.15) is 12.4 Å². The van der Waals surface area contributed by atoms with Crippen LogP contribution < -0.4 is 4.74 Å². The summed E-state index contributed by atoms with van der Waals surface area (Å²) in [7, 11) is 0. The molecular weight excluding hydrogens is 388 g/mol. The second-order valence-corrected chi connectivity index (χ2v) is 10.8. The summed E-state index contributed by atoms with van der Waals surface area (Å²) in [5.41, 5.74) is 1.52. The van der Waals surface area contributed by atoms with Crippen LogP contribution in [-0.4, -0.2) is 6.61 Å². The number of rotatable bonds is 13. The second-order valence-electron chi connectivity index (χ2n) is 10.8. The molecule has 1 aromatic carbocycles. The normalized spacial score (nSPS) is 26.4. The standard InChI is InChI=1S/C31H50O/c1-3-5-6-7-8-11-27-13-15-28(16-14-27)12-9-25-32-31-23-21-30(22-24-31)29-19-17-26(10-4-2)18-20-29/h9,12,21-24,26-29H,3-8,10-11,13-20,25H2,1-2H3/b12-9+/t26-,27-,28-,29-. The lowest BCUT2D eigenvalue weighted by molar-refractivity contribution is 0.287. The third kappa shape index (κ3) is 8.95. The molecule has 1 heteroatoms. The molecule has 0 bridgehead atoms. The van der Waals surface area contributed by atoms with E-state index >= 15 is 0 Å². The lowest BCUT2D eigenvalue weighted by atomic mass is 9.77. The molecule has 32 heavy (non-hydrogen) atoms. The van der Waals surface area contributed by atoms with Gasteiger partial charge in [0.25, 0.3) is 0 Å². The Bertz CT molecular complexity index is 614. The van der Waals surface area contributed by atoms with E-state index in [9.17, 15) is 0 Å². The van der Waals surface area contributed by atoms with E-state index in [4.69, 9.17) is 4.74 Å². The smallest absolute Gasteiger partial charge is 0.119 e. The molecule has 0 amide bonds. The van der Waals surface area contributed by atoms with E-state index in [1.165, 1.54) is 108 Å². The zero-order chi connectivity index (χ0) is 22.4. The van der Waals surface area contributed by atoms with Gasteiger partial charge in [-0.2, -0.15) is 0 Å². The van der Waals surface area contributed by atoms with E-state index in [-0.39, 0.29) is 0 Å². The van der Waals surface area contributed by atoms with Crippen molar-refractivity contribution in [3.8, 4) is 5.75 Å². The Morgan fingerprint density at radius 3 is 2.06 bits per heavy atom. The van der Waals surface area contributed by atoms with Gasteiger partial charge in [-0.25, -0.2) is 0 Å². The van der Waals surface area contributed by atoms with Gasteiger partial charge >= 0.3 is 0 Å². The lowest BCUT2D eigenvalue weighted by Crippen LogP contribution is -2.13. The van der Waals surface area contributed by atoms with Crippen LogP contribution in [0.1, 0.15) is 128 Å². The van der Waals surface area contributed by atoms with E-state index in [0.29, 0.717) is 6.61 Å². The van der Waals surface area contributed by atoms with Crippen LogP contribution in [0.25, 0.3) is 0 Å². The third-order valence-corrected chi connectivity index (χ3v) is 8.26. The number of hydrogen-bond acceptors (Lipinski definition) is 1. The minimum absolute atomic E-state index is 0.707. The summed E-state index contributed by atoms with van der Waals surface area (Å²) in [6, 6.07) is 9.00. The maximum absolute atomic E-state index is 6.01. The van der Waals surface area contributed by atoms with Crippen molar-refractivity contribution in [3.63, 3.8) is 0 Å². The van der Waals surface area contributed by atoms with Crippen molar-refractivity contribution < 1.29 is 4.74 Å². The van der Waals surface area contributed by atoms with Gasteiger partial charge in [0.05, 0.1) is 0 Å². The Kier molecular flexibility index (Phi) is 11.8. The first-order valence-corrected chi connectivity index (χ1v) is 14.2. The van der Waals surface area contributed by atoms with E-state index in [1.807, 2.05) is 0 Å². The second kappa shape index (κ2) is 14.8. The zero-order valence-electron chi connectivity index (χ0n) is 21.2. The first kappa shape index (κ1) is 25.4. The molecule has 0 aliphatic heterocycles. The molecule has 2 aliphatic carbocycles. The van der Waals surface area contributed by atoms with Crippen LogP contribution in [0, 0.1) is 17.8 Å². The van der Waals surface area contributed by atoms with Crippen molar-refractivity contribution in [1.29, 1.82) is 0 Å². The SMILES string of the molecule is CCCCCCC[C@H]1CC[C@H](/C=C/COc2ccc([C@H]3CC[C@H](CCC)CC3)cc2)CC1. The summed E-state index contributed by atoms with van der Waals surface area (Å²) >= 11 is 0. The highest BCUT2D eigenvalue weighted by Crippen LogP contribution is 2.38. The minimum Gasteiger partial charge on any atom is -0.490 e. The third-order valence-electron chi connectivity index (χ3n) is 8.26. The molecule has 0 unspecified atom stereocenters. The fraction of sp³-hybridized carbons (Fsp3) is 0.742. The average Bonchev–Trinajstić information content (AvgIpc) is 2.84. The summed E-state index contributed by atoms with van der Waals surface area (Å²) in [4.78, 5) is 0. The van der Waals surface area contributed by atoms with Gasteiger partial charge < -0.3 is 4.74 Å². The Morgan fingerprint density at radius 2 is 1.38 bits per heavy atom. The summed E-state index contributed by atoms with van der Waals surface area (Å²) in [5.74, 6) is 4.54. The predicted octanol–water partition coefficient (Wildman–Crippen LogP) is 9.86. The van der Waals surface area contributed by atoms with E-state index in [1.54, 1.807) is 0 Å². The molecule has 0 atom stereocenters. The van der Waals surface area contributed by atoms with Gasteiger partial charge in [-0.1, -0.05) is 89.5 Å². The number of allylic oxidation sites excluding steroid dienone is 1. The van der Waals surface area contributed by atoms with Gasteiger partial charge in [0.15, 0.2) is 0 Å². The van der Waals surface area contributed by atoms with Crippen molar-refractivity contribution in [2.45, 2.75) is 122 Å². The number of ether oxygens (including phenoxy) is 1. The molecule has 2 saturated carbocycles. The number of benzene rings is 1. The molecule has 0 spiro atoms. The van der Waals surface area contributed by atoms with Crippen LogP contribution >= 0.6 is 0 Å². The van der Waals surface area contributed by atoms with Crippen LogP contribution in [0.15, 0.2) is 36.4 Å². The largest absolute Gasteiger partial charge is 0.490 e. The topological polar surface area (TPSA) is 9.23 Å². The molecule has 2 aliphatic rings. The number of unbranched alkanes of at least 4 members (excludes halogenated alkanes) is 4. The minimum atomic E-state index is 0.707. The van der Waals surface area contributed by atoms with Crippen molar-refractivity contribution in [1.82, 2.24) is 0 Å². The van der Waals surface area contributed by atoms with Gasteiger partial charge in [-0.15, -0.1) is 0 Å². The monoisotopic (exact) mass is 438 g/mol. The van der Waals surface area contributed by atoms with Crippen molar-refractivity contribution in [3.05, 3.63) is 42.0 Å². The highest BCUT2D eigenvalue weighted by molar-refractivity contribution is 5.29. The lowest BCUT2D eigenvalue weighted by Gasteiger charge is -2.28. The Labute approximate surface area is 199 Å². The van der Waals surface area contributed by atoms with E-state index < -0.39 is 0 Å². The molecule has 0 saturated heterocycles. The molecule has 1 nitrogen and oxygen atoms in total. The van der Waals surface area contributed by atoms with Crippen LogP contribution in [0.3, 0.4) is 0 Å². The Hall–Kier alpha value is -1.24. The van der Waals surface area contributed by atoms with Crippen LogP contribution in [-0.2, 0) is 0 Å². The molecule has 0 N–H and O–H groups in total. The van der Waals surface area contributed by atoms with Gasteiger partial charge in [-0.05, 0) is 92.7 Å². The van der Waals surface area contributed by atoms with Crippen molar-refractivity contribution in [2.75, 3.05) is 6.61 Å². The maximum Gasteiger partial charge on any atom is 0.119 e. The summed E-state index contributed by atoms with van der Waals surface area (Å²) < 4.78 is 6.01. The molecule has 0 aromatic heterocycles. The first-order chi connectivity index (χ1) is 15.8. The predicted molar refractivity (Wildman–Crippen MR) is 140 cm³/mol. The van der Waals surface area contributed by atoms with Gasteiger partial charge in [-0.3, -0.25) is 0 Å². The number of hydrogen-bond donors (Lipinski definition) is 0. The summed E-state index contributed by atoms with van der Waals surface area (Å²) in [5, 5.41) is 0.